The molecule has 0 fully saturated rings. The van der Waals surface area contributed by atoms with Crippen molar-refractivity contribution in [2.24, 2.45) is 0 Å². The molecule has 2 aromatic rings. The number of carbonyl (C=O) groups is 1. The first-order valence-electron chi connectivity index (χ1n) is 5.96. The van der Waals surface area contributed by atoms with Crippen LogP contribution in [-0.2, 0) is 11.3 Å². The molecule has 104 valence electrons. The molecule has 0 spiro atoms. The van der Waals surface area contributed by atoms with E-state index in [2.05, 4.69) is 0 Å². The summed E-state index contributed by atoms with van der Waals surface area (Å²) in [5.74, 6) is -0.564. The molecule has 0 radical (unpaired) electrons. The van der Waals surface area contributed by atoms with Crippen molar-refractivity contribution in [3.05, 3.63) is 63.5 Å². The molecule has 1 aromatic heterocycles. The smallest absolute Gasteiger partial charge is 0.339 e. The van der Waals surface area contributed by atoms with E-state index in [0.717, 1.165) is 0 Å². The third-order valence-electron chi connectivity index (χ3n) is 2.71. The largest absolute Gasteiger partial charge is 0.460 e. The summed E-state index contributed by atoms with van der Waals surface area (Å²) >= 11 is 5.93. The first-order valence-corrected chi connectivity index (χ1v) is 6.34. The Morgan fingerprint density at radius 2 is 2.05 bits per heavy atom. The molecule has 0 saturated heterocycles. The van der Waals surface area contributed by atoms with Gasteiger partial charge < -0.3 is 15.0 Å². The van der Waals surface area contributed by atoms with Gasteiger partial charge in [-0.25, -0.2) is 4.79 Å². The summed E-state index contributed by atoms with van der Waals surface area (Å²) in [6, 6.07) is 9.59. The van der Waals surface area contributed by atoms with Crippen molar-refractivity contribution in [3.63, 3.8) is 0 Å². The Morgan fingerprint density at radius 3 is 2.80 bits per heavy atom. The van der Waals surface area contributed by atoms with E-state index in [0.29, 0.717) is 5.69 Å². The van der Waals surface area contributed by atoms with E-state index in [4.69, 9.17) is 22.1 Å². The maximum Gasteiger partial charge on any atom is 0.339 e. The number of carbonyl (C=O) groups excluding carboxylic acids is 1. The van der Waals surface area contributed by atoms with Crippen LogP contribution in [0.5, 0.6) is 0 Å². The van der Waals surface area contributed by atoms with E-state index < -0.39 is 5.97 Å². The Labute approximate surface area is 120 Å². The van der Waals surface area contributed by atoms with Crippen LogP contribution in [0.2, 0.25) is 5.02 Å². The Balaban J connectivity index is 1.98. The molecule has 0 bridgehead atoms. The summed E-state index contributed by atoms with van der Waals surface area (Å²) in [4.78, 5) is 23.3. The van der Waals surface area contributed by atoms with Gasteiger partial charge in [0, 0.05) is 12.3 Å². The fraction of sp³-hybridized carbons (Fsp3) is 0.143. The summed E-state index contributed by atoms with van der Waals surface area (Å²) < 4.78 is 6.54. The summed E-state index contributed by atoms with van der Waals surface area (Å²) in [7, 11) is 0. The highest BCUT2D eigenvalue weighted by atomic mass is 35.5. The lowest BCUT2D eigenvalue weighted by molar-refractivity contribution is 0.0490. The lowest BCUT2D eigenvalue weighted by Gasteiger charge is -2.08. The first-order chi connectivity index (χ1) is 9.59. The topological polar surface area (TPSA) is 74.3 Å². The predicted octanol–water partition coefficient (Wildman–Crippen LogP) is 1.94. The van der Waals surface area contributed by atoms with Crippen molar-refractivity contribution < 1.29 is 9.53 Å². The van der Waals surface area contributed by atoms with Crippen LogP contribution in [-0.4, -0.2) is 17.1 Å². The molecule has 0 amide bonds. The van der Waals surface area contributed by atoms with Gasteiger partial charge in [-0.05, 0) is 18.2 Å². The molecule has 0 aliphatic heterocycles. The number of hydrogen-bond donors (Lipinski definition) is 1. The van der Waals surface area contributed by atoms with Crippen LogP contribution in [0.25, 0.3) is 0 Å². The average Bonchev–Trinajstić information content (AvgIpc) is 2.44. The highest BCUT2D eigenvalue weighted by Crippen LogP contribution is 2.23. The molecule has 0 atom stereocenters. The number of hydrogen-bond acceptors (Lipinski definition) is 4. The molecule has 0 unspecified atom stereocenters. The van der Waals surface area contributed by atoms with Crippen LogP contribution in [0.3, 0.4) is 0 Å². The molecule has 1 heterocycles. The van der Waals surface area contributed by atoms with Gasteiger partial charge in [0.05, 0.1) is 22.8 Å². The molecule has 0 aliphatic carbocycles. The van der Waals surface area contributed by atoms with Gasteiger partial charge in [0.2, 0.25) is 0 Å². The minimum atomic E-state index is -0.564. The number of halogens is 1. The van der Waals surface area contributed by atoms with Gasteiger partial charge in [-0.1, -0.05) is 23.7 Å². The highest BCUT2D eigenvalue weighted by molar-refractivity contribution is 6.36. The van der Waals surface area contributed by atoms with Crippen molar-refractivity contribution in [1.82, 2.24) is 4.57 Å². The van der Waals surface area contributed by atoms with Crippen molar-refractivity contribution in [2.75, 3.05) is 12.3 Å². The number of nitrogen functional groups attached to an aromatic ring is 1. The van der Waals surface area contributed by atoms with Crippen LogP contribution >= 0.6 is 11.6 Å². The SMILES string of the molecule is Nc1cccc(C(=O)OCCn2ccccc2=O)c1Cl. The van der Waals surface area contributed by atoms with Crippen LogP contribution in [0.1, 0.15) is 10.4 Å². The Bertz CT molecular complexity index is 682. The second kappa shape index (κ2) is 6.25. The van der Waals surface area contributed by atoms with Crippen molar-refractivity contribution in [1.29, 1.82) is 0 Å². The second-order valence-electron chi connectivity index (χ2n) is 4.08. The predicted molar refractivity (Wildman–Crippen MR) is 76.8 cm³/mol. The fourth-order valence-corrected chi connectivity index (χ4v) is 1.87. The van der Waals surface area contributed by atoms with E-state index >= 15 is 0 Å². The lowest BCUT2D eigenvalue weighted by Crippen LogP contribution is -2.21. The van der Waals surface area contributed by atoms with Gasteiger partial charge in [-0.3, -0.25) is 4.79 Å². The molecule has 2 N–H and O–H groups in total. The molecule has 1 aromatic carbocycles. The summed E-state index contributed by atoms with van der Waals surface area (Å²) in [6.45, 7) is 0.360. The summed E-state index contributed by atoms with van der Waals surface area (Å²) in [6.07, 6.45) is 1.63. The third-order valence-corrected chi connectivity index (χ3v) is 3.13. The number of nitrogens with zero attached hydrogens (tertiary/aromatic N) is 1. The van der Waals surface area contributed by atoms with Crippen molar-refractivity contribution >= 4 is 23.3 Å². The minimum Gasteiger partial charge on any atom is -0.460 e. The Morgan fingerprint density at radius 1 is 1.25 bits per heavy atom. The van der Waals surface area contributed by atoms with Crippen LogP contribution in [0.15, 0.2) is 47.4 Å². The number of ether oxygens (including phenoxy) is 1. The Hall–Kier alpha value is -2.27. The molecule has 6 heteroatoms. The summed E-state index contributed by atoms with van der Waals surface area (Å²) in [5, 5.41) is 0.175. The standard InChI is InChI=1S/C14H13ClN2O3/c15-13-10(4-3-5-11(13)16)14(19)20-9-8-17-7-2-1-6-12(17)18/h1-7H,8-9,16H2. The van der Waals surface area contributed by atoms with E-state index in [9.17, 15) is 9.59 Å². The van der Waals surface area contributed by atoms with E-state index in [1.807, 2.05) is 0 Å². The van der Waals surface area contributed by atoms with Gasteiger partial charge in [-0.15, -0.1) is 0 Å². The van der Waals surface area contributed by atoms with Crippen molar-refractivity contribution in [2.45, 2.75) is 6.54 Å². The zero-order chi connectivity index (χ0) is 14.5. The highest BCUT2D eigenvalue weighted by Gasteiger charge is 2.13. The van der Waals surface area contributed by atoms with Gasteiger partial charge in [0.25, 0.3) is 5.56 Å². The minimum absolute atomic E-state index is 0.0773. The van der Waals surface area contributed by atoms with Crippen LogP contribution in [0, 0.1) is 0 Å². The molecular weight excluding hydrogens is 280 g/mol. The van der Waals surface area contributed by atoms with E-state index in [1.54, 1.807) is 30.5 Å². The number of esters is 1. The quantitative estimate of drug-likeness (QED) is 0.690. The number of aromatic nitrogens is 1. The number of rotatable bonds is 4. The zero-order valence-electron chi connectivity index (χ0n) is 10.6. The number of benzene rings is 1. The molecule has 2 rings (SSSR count). The molecule has 20 heavy (non-hydrogen) atoms. The monoisotopic (exact) mass is 292 g/mol. The van der Waals surface area contributed by atoms with Gasteiger partial charge in [-0.2, -0.15) is 0 Å². The summed E-state index contributed by atoms with van der Waals surface area (Å²) in [5.41, 5.74) is 6.00. The van der Waals surface area contributed by atoms with Crippen LogP contribution in [0.4, 0.5) is 5.69 Å². The molecule has 0 aliphatic rings. The molecular formula is C14H13ClN2O3. The second-order valence-corrected chi connectivity index (χ2v) is 4.45. The zero-order valence-corrected chi connectivity index (χ0v) is 11.3. The number of nitrogens with two attached hydrogens (primary N) is 1. The normalized spacial score (nSPS) is 10.2. The molecule has 5 nitrogen and oxygen atoms in total. The first kappa shape index (κ1) is 14.1. The number of pyridine rings is 1. The molecule has 0 saturated carbocycles. The average molecular weight is 293 g/mol. The Kier molecular flexibility index (Phi) is 4.42. The third kappa shape index (κ3) is 3.19. The van der Waals surface area contributed by atoms with E-state index in [-0.39, 0.29) is 29.3 Å². The maximum atomic E-state index is 11.8. The van der Waals surface area contributed by atoms with Crippen molar-refractivity contribution in [3.8, 4) is 0 Å². The lowest BCUT2D eigenvalue weighted by atomic mass is 10.2. The van der Waals surface area contributed by atoms with Gasteiger partial charge >= 0.3 is 5.97 Å². The maximum absolute atomic E-state index is 11.8. The van der Waals surface area contributed by atoms with Gasteiger partial charge in [0.15, 0.2) is 0 Å². The fourth-order valence-electron chi connectivity index (χ4n) is 1.67. The number of anilines is 1. The van der Waals surface area contributed by atoms with Crippen LogP contribution < -0.4 is 11.3 Å². The van der Waals surface area contributed by atoms with E-state index in [1.165, 1.54) is 16.7 Å². The van der Waals surface area contributed by atoms with Gasteiger partial charge in [0.1, 0.15) is 6.61 Å².